The highest BCUT2D eigenvalue weighted by Crippen LogP contribution is 2.31. The molecule has 1 saturated heterocycles. The zero-order valence-electron chi connectivity index (χ0n) is 17.6. The molecule has 3 aromatic rings. The minimum Gasteiger partial charge on any atom is -0.484 e. The highest BCUT2D eigenvalue weighted by atomic mass is 35.5. The maximum Gasteiger partial charge on any atom is 0.266 e. The Balaban J connectivity index is 0.00000289. The second-order valence-corrected chi connectivity index (χ2v) is 8.34. The van der Waals surface area contributed by atoms with E-state index in [0.29, 0.717) is 41.9 Å². The molecule has 0 bridgehead atoms. The predicted octanol–water partition coefficient (Wildman–Crippen LogP) is 4.05. The molecule has 4 rings (SSSR count). The van der Waals surface area contributed by atoms with Gasteiger partial charge in [-0.05, 0) is 30.7 Å². The minimum atomic E-state index is -0.742. The fraction of sp³-hybridized carbons (Fsp3) is 0.364. The van der Waals surface area contributed by atoms with Crippen LogP contribution in [-0.4, -0.2) is 61.8 Å². The van der Waals surface area contributed by atoms with Crippen LogP contribution in [0.2, 0.25) is 0 Å². The number of rotatable bonds is 7. The van der Waals surface area contributed by atoms with Gasteiger partial charge in [-0.3, -0.25) is 14.6 Å². The van der Waals surface area contributed by atoms with E-state index in [1.165, 1.54) is 11.0 Å². The van der Waals surface area contributed by atoms with Gasteiger partial charge in [0.1, 0.15) is 17.1 Å². The van der Waals surface area contributed by atoms with Gasteiger partial charge in [-0.25, -0.2) is 13.8 Å². The van der Waals surface area contributed by atoms with Crippen molar-refractivity contribution in [3.8, 4) is 5.75 Å². The molecule has 0 radical (unpaired) electrons. The van der Waals surface area contributed by atoms with Gasteiger partial charge in [0.25, 0.3) is 5.91 Å². The van der Waals surface area contributed by atoms with Crippen molar-refractivity contribution < 1.29 is 23.0 Å². The number of halogens is 3. The molecule has 0 N–H and O–H groups in total. The van der Waals surface area contributed by atoms with Crippen LogP contribution < -0.4 is 9.64 Å². The van der Waals surface area contributed by atoms with Crippen molar-refractivity contribution in [3.63, 3.8) is 0 Å². The van der Waals surface area contributed by atoms with Crippen LogP contribution in [0.3, 0.4) is 0 Å². The SMILES string of the molecule is Cc1cccc(OCC(=O)N(CCN2CCOCC2)c2nc3c(F)cc(F)cc3s2)c1.Cl. The van der Waals surface area contributed by atoms with E-state index < -0.39 is 11.6 Å². The van der Waals surface area contributed by atoms with Gasteiger partial charge in [0.05, 0.1) is 17.9 Å². The summed E-state index contributed by atoms with van der Waals surface area (Å²) in [6.07, 6.45) is 0. The van der Waals surface area contributed by atoms with E-state index in [0.717, 1.165) is 36.1 Å². The number of hydrogen-bond acceptors (Lipinski definition) is 6. The van der Waals surface area contributed by atoms with Gasteiger partial charge >= 0.3 is 0 Å². The van der Waals surface area contributed by atoms with Gasteiger partial charge in [-0.2, -0.15) is 0 Å². The smallest absolute Gasteiger partial charge is 0.266 e. The summed E-state index contributed by atoms with van der Waals surface area (Å²) in [6.45, 7) is 5.60. The summed E-state index contributed by atoms with van der Waals surface area (Å²) in [6, 6.07) is 9.46. The van der Waals surface area contributed by atoms with Crippen molar-refractivity contribution in [2.75, 3.05) is 50.9 Å². The number of nitrogens with zero attached hydrogens (tertiary/aromatic N) is 3. The summed E-state index contributed by atoms with van der Waals surface area (Å²) in [4.78, 5) is 21.0. The van der Waals surface area contributed by atoms with Crippen molar-refractivity contribution in [3.05, 3.63) is 53.6 Å². The van der Waals surface area contributed by atoms with Gasteiger partial charge in [0.15, 0.2) is 17.6 Å². The third-order valence-corrected chi connectivity index (χ3v) is 6.05. The molecule has 0 saturated carbocycles. The molecule has 1 aromatic heterocycles. The molecule has 6 nitrogen and oxygen atoms in total. The first kappa shape index (κ1) is 24.3. The standard InChI is InChI=1S/C22H23F2N3O3S.ClH/c1-15-3-2-4-17(11-15)30-14-20(28)27(6-5-26-7-9-29-10-8-26)22-25-21-18(24)12-16(23)13-19(21)31-22;/h2-4,11-13H,5-10,14H2,1H3;1H. The van der Waals surface area contributed by atoms with Gasteiger partial charge in [-0.15, -0.1) is 12.4 Å². The van der Waals surface area contributed by atoms with Crippen molar-refractivity contribution >= 4 is 45.0 Å². The van der Waals surface area contributed by atoms with Crippen LogP contribution in [0.25, 0.3) is 10.2 Å². The number of carbonyl (C=O) groups excluding carboxylic acids is 1. The van der Waals surface area contributed by atoms with Gasteiger partial charge in [0.2, 0.25) is 0 Å². The first-order valence-electron chi connectivity index (χ1n) is 10.0. The van der Waals surface area contributed by atoms with Crippen LogP contribution in [0, 0.1) is 18.6 Å². The molecule has 1 aliphatic heterocycles. The first-order chi connectivity index (χ1) is 15.0. The lowest BCUT2D eigenvalue weighted by atomic mass is 10.2. The molecule has 2 heterocycles. The van der Waals surface area contributed by atoms with Crippen LogP contribution in [0.1, 0.15) is 5.56 Å². The molecular weight excluding hydrogens is 460 g/mol. The van der Waals surface area contributed by atoms with Crippen LogP contribution in [0.15, 0.2) is 36.4 Å². The fourth-order valence-electron chi connectivity index (χ4n) is 3.38. The molecule has 1 amide bonds. The van der Waals surface area contributed by atoms with E-state index in [9.17, 15) is 13.6 Å². The lowest BCUT2D eigenvalue weighted by Gasteiger charge is -2.29. The number of carbonyl (C=O) groups is 1. The second-order valence-electron chi connectivity index (χ2n) is 7.34. The number of anilines is 1. The van der Waals surface area contributed by atoms with E-state index in [1.807, 2.05) is 25.1 Å². The number of benzene rings is 2. The van der Waals surface area contributed by atoms with E-state index in [2.05, 4.69) is 9.88 Å². The van der Waals surface area contributed by atoms with Crippen LogP contribution in [-0.2, 0) is 9.53 Å². The molecule has 0 atom stereocenters. The van der Waals surface area contributed by atoms with E-state index >= 15 is 0 Å². The predicted molar refractivity (Wildman–Crippen MR) is 123 cm³/mol. The zero-order valence-corrected chi connectivity index (χ0v) is 19.2. The third kappa shape index (κ3) is 5.92. The van der Waals surface area contributed by atoms with Crippen molar-refractivity contribution in [2.45, 2.75) is 6.92 Å². The van der Waals surface area contributed by atoms with E-state index in [-0.39, 0.29) is 30.4 Å². The first-order valence-corrected chi connectivity index (χ1v) is 10.9. The normalized spacial score (nSPS) is 14.2. The fourth-order valence-corrected chi connectivity index (χ4v) is 4.43. The van der Waals surface area contributed by atoms with Crippen LogP contribution >= 0.6 is 23.7 Å². The quantitative estimate of drug-likeness (QED) is 0.507. The monoisotopic (exact) mass is 483 g/mol. The Bertz CT molecular complexity index is 1080. The summed E-state index contributed by atoms with van der Waals surface area (Å²) in [5.41, 5.74) is 1.09. The Labute approximate surface area is 195 Å². The lowest BCUT2D eigenvalue weighted by Crippen LogP contribution is -2.44. The zero-order chi connectivity index (χ0) is 21.8. The molecule has 0 spiro atoms. The van der Waals surface area contributed by atoms with Crippen molar-refractivity contribution in [1.29, 1.82) is 0 Å². The summed E-state index contributed by atoms with van der Waals surface area (Å²) in [5, 5.41) is 0.325. The Morgan fingerprint density at radius 1 is 1.25 bits per heavy atom. The average Bonchev–Trinajstić information content (AvgIpc) is 3.17. The summed E-state index contributed by atoms with van der Waals surface area (Å²) < 4.78 is 39.2. The van der Waals surface area contributed by atoms with Gasteiger partial charge in [0, 0.05) is 32.2 Å². The summed E-state index contributed by atoms with van der Waals surface area (Å²) >= 11 is 1.09. The molecule has 2 aromatic carbocycles. The number of aromatic nitrogens is 1. The van der Waals surface area contributed by atoms with Crippen LogP contribution in [0.5, 0.6) is 5.75 Å². The number of morpholine rings is 1. The maximum atomic E-state index is 14.2. The second kappa shape index (κ2) is 11.0. The van der Waals surface area contributed by atoms with E-state index in [4.69, 9.17) is 9.47 Å². The summed E-state index contributed by atoms with van der Waals surface area (Å²) in [5.74, 6) is -1.11. The van der Waals surface area contributed by atoms with Crippen molar-refractivity contribution in [1.82, 2.24) is 9.88 Å². The average molecular weight is 484 g/mol. The number of fused-ring (bicyclic) bond motifs is 1. The minimum absolute atomic E-state index is 0. The molecule has 0 aliphatic carbocycles. The van der Waals surface area contributed by atoms with E-state index in [1.54, 1.807) is 6.07 Å². The van der Waals surface area contributed by atoms with Gasteiger partial charge in [-0.1, -0.05) is 23.5 Å². The largest absolute Gasteiger partial charge is 0.484 e. The molecular formula is C22H24ClF2N3O3S. The number of hydrogen-bond donors (Lipinski definition) is 0. The Kier molecular flexibility index (Phi) is 8.36. The van der Waals surface area contributed by atoms with Gasteiger partial charge < -0.3 is 9.47 Å². The Morgan fingerprint density at radius 3 is 2.78 bits per heavy atom. The van der Waals surface area contributed by atoms with Crippen LogP contribution in [0.4, 0.5) is 13.9 Å². The molecule has 10 heteroatoms. The molecule has 0 unspecified atom stereocenters. The number of thiazole rings is 1. The molecule has 32 heavy (non-hydrogen) atoms. The highest BCUT2D eigenvalue weighted by molar-refractivity contribution is 7.22. The molecule has 1 aliphatic rings. The highest BCUT2D eigenvalue weighted by Gasteiger charge is 2.23. The summed E-state index contributed by atoms with van der Waals surface area (Å²) in [7, 11) is 0. The Morgan fingerprint density at radius 2 is 2.03 bits per heavy atom. The number of amides is 1. The molecule has 172 valence electrons. The number of ether oxygens (including phenoxy) is 2. The lowest BCUT2D eigenvalue weighted by molar-refractivity contribution is -0.120. The number of aryl methyl sites for hydroxylation is 1. The Hall–Kier alpha value is -2.33. The molecule has 1 fully saturated rings. The third-order valence-electron chi connectivity index (χ3n) is 5.03. The van der Waals surface area contributed by atoms with Crippen molar-refractivity contribution in [2.24, 2.45) is 0 Å². The topological polar surface area (TPSA) is 54.9 Å². The maximum absolute atomic E-state index is 14.2.